The number of anilines is 1. The van der Waals surface area contributed by atoms with Gasteiger partial charge >= 0.3 is 5.97 Å². The van der Waals surface area contributed by atoms with Gasteiger partial charge in [-0.15, -0.1) is 0 Å². The maximum Gasteiger partial charge on any atom is 0.335 e. The lowest BCUT2D eigenvalue weighted by molar-refractivity contribution is 0.0696. The Morgan fingerprint density at radius 2 is 1.59 bits per heavy atom. The number of hydrogen-bond acceptors (Lipinski definition) is 5. The number of aromatic hydroxyl groups is 1. The van der Waals surface area contributed by atoms with Crippen LogP contribution >= 0.6 is 0 Å². The van der Waals surface area contributed by atoms with E-state index in [0.29, 0.717) is 30.9 Å². The summed E-state index contributed by atoms with van der Waals surface area (Å²) in [6.07, 6.45) is 8.26. The van der Waals surface area contributed by atoms with Crippen LogP contribution in [0.2, 0.25) is 0 Å². The Balaban J connectivity index is 1.75. The van der Waals surface area contributed by atoms with Gasteiger partial charge in [-0.2, -0.15) is 0 Å². The highest BCUT2D eigenvalue weighted by Gasteiger charge is 2.24. The summed E-state index contributed by atoms with van der Waals surface area (Å²) in [6, 6.07) is 14.3. The normalized spacial score (nSPS) is 15.6. The number of carbonyl (C=O) groups excluding carboxylic acids is 1. The lowest BCUT2D eigenvalue weighted by Crippen LogP contribution is -2.34. The van der Waals surface area contributed by atoms with E-state index in [4.69, 9.17) is 0 Å². The van der Waals surface area contributed by atoms with Crippen molar-refractivity contribution in [2.75, 3.05) is 18.0 Å². The zero-order valence-corrected chi connectivity index (χ0v) is 23.2. The summed E-state index contributed by atoms with van der Waals surface area (Å²) >= 11 is 0. The fraction of sp³-hybridized carbons (Fsp3) is 0.406. The molecule has 206 valence electrons. The molecule has 2 aromatic carbocycles. The van der Waals surface area contributed by atoms with Gasteiger partial charge in [0.2, 0.25) is 0 Å². The number of phenols is 1. The molecule has 0 bridgehead atoms. The first-order valence-corrected chi connectivity index (χ1v) is 13.8. The number of fused-ring (bicyclic) bond motifs is 1. The van der Waals surface area contributed by atoms with E-state index in [1.54, 1.807) is 47.6 Å². The van der Waals surface area contributed by atoms with Crippen molar-refractivity contribution in [2.24, 2.45) is 0 Å². The molecule has 1 amide bonds. The Morgan fingerprint density at radius 3 is 2.28 bits per heavy atom. The minimum absolute atomic E-state index is 0.124. The van der Waals surface area contributed by atoms with E-state index in [-0.39, 0.29) is 16.9 Å². The fourth-order valence-electron chi connectivity index (χ4n) is 5.25. The lowest BCUT2D eigenvalue weighted by Gasteiger charge is -2.30. The van der Waals surface area contributed by atoms with Gasteiger partial charge in [-0.1, -0.05) is 58.2 Å². The number of aromatic nitrogens is 1. The summed E-state index contributed by atoms with van der Waals surface area (Å²) in [7, 11) is 0. The summed E-state index contributed by atoms with van der Waals surface area (Å²) in [4.78, 5) is 33.7. The van der Waals surface area contributed by atoms with Crippen LogP contribution in [0, 0.1) is 0 Å². The molecule has 7 heteroatoms. The van der Waals surface area contributed by atoms with Crippen LogP contribution in [-0.2, 0) is 18.5 Å². The molecule has 1 aliphatic rings. The van der Waals surface area contributed by atoms with Crippen molar-refractivity contribution in [1.29, 1.82) is 0 Å². The average Bonchev–Trinajstić information content (AvgIpc) is 2.90. The summed E-state index contributed by atoms with van der Waals surface area (Å²) in [5.41, 5.74) is 3.79. The Hall–Kier alpha value is -3.71. The van der Waals surface area contributed by atoms with Crippen LogP contribution in [0.4, 0.5) is 5.69 Å². The van der Waals surface area contributed by atoms with E-state index in [1.165, 1.54) is 0 Å². The number of carbonyl (C=O) groups is 2. The van der Waals surface area contributed by atoms with Crippen LogP contribution in [0.1, 0.15) is 90.3 Å². The molecule has 3 aromatic rings. The third-order valence-electron chi connectivity index (χ3n) is 7.36. The molecule has 2 heterocycles. The second kappa shape index (κ2) is 12.4. The van der Waals surface area contributed by atoms with Crippen molar-refractivity contribution in [3.8, 4) is 5.75 Å². The van der Waals surface area contributed by atoms with Gasteiger partial charge in [-0.05, 0) is 66.3 Å². The molecule has 0 saturated carbocycles. The Labute approximate surface area is 231 Å². The third-order valence-corrected chi connectivity index (χ3v) is 7.36. The minimum Gasteiger partial charge on any atom is -0.507 e. The van der Waals surface area contributed by atoms with Crippen LogP contribution in [0.5, 0.6) is 5.75 Å². The highest BCUT2D eigenvalue weighted by molar-refractivity contribution is 6.06. The van der Waals surface area contributed by atoms with E-state index in [0.717, 1.165) is 61.0 Å². The number of pyridine rings is 1. The fourth-order valence-corrected chi connectivity index (χ4v) is 5.25. The number of hydrogen-bond donors (Lipinski definition) is 2. The minimum atomic E-state index is -1.00. The first-order chi connectivity index (χ1) is 18.6. The Bertz CT molecular complexity index is 1300. The number of rotatable bonds is 4. The number of benzene rings is 2. The molecule has 0 radical (unpaired) electrons. The molecule has 0 spiro atoms. The van der Waals surface area contributed by atoms with E-state index in [1.807, 2.05) is 18.2 Å². The van der Waals surface area contributed by atoms with Gasteiger partial charge in [0.05, 0.1) is 5.56 Å². The summed E-state index contributed by atoms with van der Waals surface area (Å²) < 4.78 is 0. The average molecular weight is 530 g/mol. The Morgan fingerprint density at radius 1 is 0.897 bits per heavy atom. The number of carboxylic acids is 1. The van der Waals surface area contributed by atoms with Crippen LogP contribution in [-0.4, -0.2) is 45.1 Å². The number of aromatic carboxylic acids is 1. The molecular formula is C32H39N3O4. The second-order valence-corrected chi connectivity index (χ2v) is 11.4. The standard InChI is InChI=1S/C32H39N3O4/c1-32(2,3)27-11-9-10-25(29(27)36)21-34-18-7-5-4-6-8-19-35(30(37)23-14-16-33-17-15-23)28-13-12-24(31(38)39)20-26(28)22-34/h9-17,20,36H,4-8,18-19,21-22H2,1-3H3,(H,38,39). The molecule has 2 N–H and O–H groups in total. The molecule has 4 rings (SSSR count). The third kappa shape index (κ3) is 7.03. The highest BCUT2D eigenvalue weighted by atomic mass is 16.4. The number of amides is 1. The predicted octanol–water partition coefficient (Wildman–Crippen LogP) is 6.40. The van der Waals surface area contributed by atoms with Gasteiger partial charge in [0, 0.05) is 48.8 Å². The zero-order chi connectivity index (χ0) is 28.0. The van der Waals surface area contributed by atoms with E-state index in [9.17, 15) is 19.8 Å². The van der Waals surface area contributed by atoms with Gasteiger partial charge in [0.1, 0.15) is 5.75 Å². The van der Waals surface area contributed by atoms with Crippen LogP contribution in [0.25, 0.3) is 0 Å². The molecule has 0 aliphatic carbocycles. The van der Waals surface area contributed by atoms with E-state index >= 15 is 0 Å². The number of para-hydroxylation sites is 1. The molecule has 0 atom stereocenters. The first-order valence-electron chi connectivity index (χ1n) is 13.8. The smallest absolute Gasteiger partial charge is 0.335 e. The van der Waals surface area contributed by atoms with Crippen molar-refractivity contribution in [1.82, 2.24) is 9.88 Å². The number of phenolic OH excluding ortho intramolecular Hbond substituents is 1. The maximum absolute atomic E-state index is 13.7. The molecule has 7 nitrogen and oxygen atoms in total. The number of nitrogens with zero attached hydrogens (tertiary/aromatic N) is 3. The number of carboxylic acid groups (broad SMARTS) is 1. The SMILES string of the molecule is CC(C)(C)c1cccc(CN2CCCCCCCN(C(=O)c3ccncc3)c3ccc(C(=O)O)cc3C2)c1O. The predicted molar refractivity (Wildman–Crippen MR) is 153 cm³/mol. The van der Waals surface area contributed by atoms with E-state index < -0.39 is 5.97 Å². The molecule has 0 saturated heterocycles. The highest BCUT2D eigenvalue weighted by Crippen LogP contribution is 2.34. The molecule has 39 heavy (non-hydrogen) atoms. The van der Waals surface area contributed by atoms with Crippen molar-refractivity contribution in [3.63, 3.8) is 0 Å². The summed E-state index contributed by atoms with van der Waals surface area (Å²) in [5.74, 6) is -0.816. The van der Waals surface area contributed by atoms with Crippen molar-refractivity contribution >= 4 is 17.6 Å². The molecule has 1 aromatic heterocycles. The quantitative estimate of drug-likeness (QED) is 0.406. The topological polar surface area (TPSA) is 94.0 Å². The van der Waals surface area contributed by atoms with Crippen molar-refractivity contribution in [3.05, 3.63) is 88.7 Å². The molecule has 0 fully saturated rings. The van der Waals surface area contributed by atoms with Gasteiger partial charge in [0.15, 0.2) is 0 Å². The first kappa shape index (κ1) is 28.3. The van der Waals surface area contributed by atoms with Gasteiger partial charge in [0.25, 0.3) is 5.91 Å². The lowest BCUT2D eigenvalue weighted by atomic mass is 9.85. The zero-order valence-electron chi connectivity index (χ0n) is 23.2. The van der Waals surface area contributed by atoms with Gasteiger partial charge < -0.3 is 15.1 Å². The maximum atomic E-state index is 13.7. The molecule has 0 unspecified atom stereocenters. The van der Waals surface area contributed by atoms with Crippen LogP contribution in [0.15, 0.2) is 60.9 Å². The monoisotopic (exact) mass is 529 g/mol. The summed E-state index contributed by atoms with van der Waals surface area (Å²) in [6.45, 7) is 8.57. The van der Waals surface area contributed by atoms with Crippen molar-refractivity contribution in [2.45, 2.75) is 71.4 Å². The second-order valence-electron chi connectivity index (χ2n) is 11.4. The Kier molecular flexibility index (Phi) is 9.02. The van der Waals surface area contributed by atoms with E-state index in [2.05, 4.69) is 30.7 Å². The largest absolute Gasteiger partial charge is 0.507 e. The molecular weight excluding hydrogens is 490 g/mol. The van der Waals surface area contributed by atoms with Crippen LogP contribution < -0.4 is 4.90 Å². The van der Waals surface area contributed by atoms with Crippen LogP contribution in [0.3, 0.4) is 0 Å². The molecule has 1 aliphatic heterocycles. The van der Waals surface area contributed by atoms with Crippen molar-refractivity contribution < 1.29 is 19.8 Å². The summed E-state index contributed by atoms with van der Waals surface area (Å²) in [5, 5.41) is 20.9. The van der Waals surface area contributed by atoms with Gasteiger partial charge in [-0.3, -0.25) is 14.7 Å². The van der Waals surface area contributed by atoms with Gasteiger partial charge in [-0.25, -0.2) is 4.79 Å².